The monoisotopic (exact) mass is 450 g/mol. The first-order valence-electron chi connectivity index (χ1n) is 9.05. The number of aromatic nitrogens is 2. The molecule has 3 rings (SSSR count). The van der Waals surface area contributed by atoms with Crippen molar-refractivity contribution in [1.82, 2.24) is 10.2 Å². The SMILES string of the molecule is COCC1(Nc2cc(C(=O)Nc3nnc(/N=C(C)/C=C\N)s3)oc(=O)c2OC)COC1. The van der Waals surface area contributed by atoms with Gasteiger partial charge in [-0.05, 0) is 19.2 Å². The topological polar surface area (TPSA) is 163 Å². The van der Waals surface area contributed by atoms with E-state index in [4.69, 9.17) is 24.4 Å². The van der Waals surface area contributed by atoms with Crippen molar-refractivity contribution in [3.05, 3.63) is 34.5 Å². The molecule has 0 radical (unpaired) electrons. The number of nitrogens with zero attached hydrogens (tertiary/aromatic N) is 3. The lowest BCUT2D eigenvalue weighted by molar-refractivity contribution is -0.0728. The number of carbonyl (C=O) groups is 1. The number of anilines is 2. The fraction of sp³-hybridized carbons (Fsp3) is 0.389. The molecule has 0 spiro atoms. The van der Waals surface area contributed by atoms with Gasteiger partial charge in [-0.2, -0.15) is 0 Å². The zero-order valence-electron chi connectivity index (χ0n) is 17.1. The van der Waals surface area contributed by atoms with Gasteiger partial charge in [0.25, 0.3) is 5.91 Å². The first-order chi connectivity index (χ1) is 14.9. The van der Waals surface area contributed by atoms with E-state index in [2.05, 4.69) is 25.8 Å². The van der Waals surface area contributed by atoms with E-state index in [0.717, 1.165) is 11.3 Å². The van der Waals surface area contributed by atoms with Crippen LogP contribution in [0.15, 0.2) is 32.5 Å². The largest absolute Gasteiger partial charge is 0.488 e. The van der Waals surface area contributed by atoms with Gasteiger partial charge >= 0.3 is 5.63 Å². The fourth-order valence-corrected chi connectivity index (χ4v) is 3.45. The van der Waals surface area contributed by atoms with Crippen LogP contribution in [0.4, 0.5) is 16.0 Å². The Morgan fingerprint density at radius 3 is 2.81 bits per heavy atom. The zero-order chi connectivity index (χ0) is 22.4. The Morgan fingerprint density at radius 1 is 1.42 bits per heavy atom. The third-order valence-electron chi connectivity index (χ3n) is 4.16. The minimum absolute atomic E-state index is 0.0603. The maximum atomic E-state index is 12.6. The normalized spacial score (nSPS) is 15.5. The summed E-state index contributed by atoms with van der Waals surface area (Å²) < 4.78 is 20.8. The molecule has 0 saturated carbocycles. The number of carbonyl (C=O) groups excluding carboxylic acids is 1. The molecule has 0 aliphatic carbocycles. The summed E-state index contributed by atoms with van der Waals surface area (Å²) in [5.74, 6) is -0.975. The Bertz CT molecular complexity index is 1060. The Labute approximate surface area is 181 Å². The molecule has 12 nitrogen and oxygen atoms in total. The minimum atomic E-state index is -0.808. The summed E-state index contributed by atoms with van der Waals surface area (Å²) in [5.41, 5.74) is 4.88. The van der Waals surface area contributed by atoms with Crippen LogP contribution in [0.5, 0.6) is 5.75 Å². The predicted molar refractivity (Wildman–Crippen MR) is 115 cm³/mol. The predicted octanol–water partition coefficient (Wildman–Crippen LogP) is 1.14. The minimum Gasteiger partial charge on any atom is -0.488 e. The summed E-state index contributed by atoms with van der Waals surface area (Å²) >= 11 is 1.05. The lowest BCUT2D eigenvalue weighted by atomic mass is 9.98. The summed E-state index contributed by atoms with van der Waals surface area (Å²) in [6, 6.07) is 1.38. The average molecular weight is 450 g/mol. The van der Waals surface area contributed by atoms with Gasteiger partial charge in [-0.15, -0.1) is 10.2 Å². The number of methoxy groups -OCH3 is 2. The van der Waals surface area contributed by atoms with Gasteiger partial charge in [0.05, 0.1) is 32.6 Å². The lowest BCUT2D eigenvalue weighted by Gasteiger charge is -2.42. The molecule has 1 amide bonds. The Morgan fingerprint density at radius 2 is 2.19 bits per heavy atom. The lowest BCUT2D eigenvalue weighted by Crippen LogP contribution is -2.59. The number of hydrogen-bond acceptors (Lipinski definition) is 12. The summed E-state index contributed by atoms with van der Waals surface area (Å²) in [6.07, 6.45) is 2.95. The molecule has 1 fully saturated rings. The van der Waals surface area contributed by atoms with Crippen LogP contribution >= 0.6 is 11.3 Å². The van der Waals surface area contributed by atoms with Crippen LogP contribution in [0.2, 0.25) is 0 Å². The summed E-state index contributed by atoms with van der Waals surface area (Å²) in [7, 11) is 2.90. The summed E-state index contributed by atoms with van der Waals surface area (Å²) in [6.45, 7) is 2.83. The molecule has 166 valence electrons. The molecule has 3 heterocycles. The molecule has 13 heteroatoms. The summed E-state index contributed by atoms with van der Waals surface area (Å²) in [4.78, 5) is 29.2. The Hall–Kier alpha value is -3.29. The van der Waals surface area contributed by atoms with Crippen molar-refractivity contribution < 1.29 is 23.4 Å². The van der Waals surface area contributed by atoms with E-state index in [-0.39, 0.29) is 22.3 Å². The first-order valence-corrected chi connectivity index (χ1v) is 9.87. The summed E-state index contributed by atoms with van der Waals surface area (Å²) in [5, 5.41) is 14.0. The molecule has 1 aliphatic heterocycles. The molecule has 1 saturated heterocycles. The van der Waals surface area contributed by atoms with Crippen LogP contribution < -0.4 is 26.7 Å². The van der Waals surface area contributed by atoms with Crippen LogP contribution in [0.1, 0.15) is 17.5 Å². The van der Waals surface area contributed by atoms with Gasteiger partial charge in [0, 0.05) is 18.9 Å². The second-order valence-electron chi connectivity index (χ2n) is 6.63. The maximum Gasteiger partial charge on any atom is 0.381 e. The number of nitrogens with one attached hydrogen (secondary N) is 2. The molecule has 0 unspecified atom stereocenters. The van der Waals surface area contributed by atoms with Crippen molar-refractivity contribution in [2.45, 2.75) is 12.5 Å². The quantitative estimate of drug-likeness (QED) is 0.472. The molecule has 0 aromatic carbocycles. The van der Waals surface area contributed by atoms with Crippen molar-refractivity contribution in [1.29, 1.82) is 0 Å². The first kappa shape index (κ1) is 22.4. The third kappa shape index (κ3) is 5.25. The maximum absolute atomic E-state index is 12.6. The van der Waals surface area contributed by atoms with E-state index in [1.807, 2.05) is 0 Å². The van der Waals surface area contributed by atoms with Crippen molar-refractivity contribution in [3.63, 3.8) is 0 Å². The van der Waals surface area contributed by atoms with E-state index in [1.54, 1.807) is 20.1 Å². The van der Waals surface area contributed by atoms with Gasteiger partial charge in [-0.25, -0.2) is 9.79 Å². The smallest absolute Gasteiger partial charge is 0.381 e. The number of nitrogens with two attached hydrogens (primary N) is 1. The van der Waals surface area contributed by atoms with Crippen molar-refractivity contribution in [2.75, 3.05) is 44.7 Å². The van der Waals surface area contributed by atoms with Gasteiger partial charge < -0.3 is 29.7 Å². The van der Waals surface area contributed by atoms with Crippen LogP contribution in [-0.4, -0.2) is 61.4 Å². The van der Waals surface area contributed by atoms with Crippen LogP contribution in [0, 0.1) is 0 Å². The van der Waals surface area contributed by atoms with Crippen LogP contribution in [0.3, 0.4) is 0 Å². The molecule has 0 atom stereocenters. The molecule has 2 aromatic heterocycles. The Kier molecular flexibility index (Phi) is 6.99. The molecule has 4 N–H and O–H groups in total. The van der Waals surface area contributed by atoms with Gasteiger partial charge in [-0.1, -0.05) is 11.3 Å². The van der Waals surface area contributed by atoms with Gasteiger partial charge in [0.15, 0.2) is 5.76 Å². The highest BCUT2D eigenvalue weighted by Crippen LogP contribution is 2.30. The molecular formula is C18H22N6O6S. The molecule has 0 bridgehead atoms. The average Bonchev–Trinajstić information content (AvgIpc) is 3.12. The van der Waals surface area contributed by atoms with E-state index in [9.17, 15) is 9.59 Å². The van der Waals surface area contributed by atoms with Crippen LogP contribution in [0.25, 0.3) is 0 Å². The highest BCUT2D eigenvalue weighted by Gasteiger charge is 2.40. The van der Waals surface area contributed by atoms with E-state index in [0.29, 0.717) is 30.7 Å². The van der Waals surface area contributed by atoms with Gasteiger partial charge in [-0.3, -0.25) is 10.1 Å². The second-order valence-corrected chi connectivity index (χ2v) is 7.59. The van der Waals surface area contributed by atoms with Gasteiger partial charge in [0.2, 0.25) is 16.0 Å². The van der Waals surface area contributed by atoms with E-state index in [1.165, 1.54) is 19.4 Å². The standard InChI is InChI=1S/C18H22N6O6S/c1-10(4-5-19)20-16-23-24-17(31-16)21-14(25)12-6-11(13(28-3)15(26)30-12)22-18(7-27-2)8-29-9-18/h4-6,22H,7-9,19H2,1-3H3,(H,21,24,25)/b5-4-,20-10+. The van der Waals surface area contributed by atoms with E-state index < -0.39 is 17.1 Å². The molecule has 31 heavy (non-hydrogen) atoms. The number of aliphatic imine (C=N–C) groups is 1. The van der Waals surface area contributed by atoms with E-state index >= 15 is 0 Å². The van der Waals surface area contributed by atoms with Crippen molar-refractivity contribution in [2.24, 2.45) is 10.7 Å². The van der Waals surface area contributed by atoms with Gasteiger partial charge in [0.1, 0.15) is 5.54 Å². The molecule has 2 aromatic rings. The zero-order valence-corrected chi connectivity index (χ0v) is 17.9. The van der Waals surface area contributed by atoms with Crippen molar-refractivity contribution in [3.8, 4) is 5.75 Å². The number of rotatable bonds is 9. The van der Waals surface area contributed by atoms with Crippen LogP contribution in [-0.2, 0) is 9.47 Å². The fourth-order valence-electron chi connectivity index (χ4n) is 2.78. The number of amides is 1. The Balaban J connectivity index is 1.82. The number of ether oxygens (including phenoxy) is 3. The highest BCUT2D eigenvalue weighted by molar-refractivity contribution is 7.18. The highest BCUT2D eigenvalue weighted by atomic mass is 32.1. The molecular weight excluding hydrogens is 428 g/mol. The number of hydrogen-bond donors (Lipinski definition) is 3. The van der Waals surface area contributed by atoms with Crippen molar-refractivity contribution >= 4 is 38.9 Å². The second kappa shape index (κ2) is 9.68. The third-order valence-corrected chi connectivity index (χ3v) is 4.89. The number of allylic oxidation sites excluding steroid dienone is 1. The molecule has 1 aliphatic rings.